The van der Waals surface area contributed by atoms with E-state index >= 15 is 0 Å². The minimum atomic E-state index is -4.67. The van der Waals surface area contributed by atoms with Gasteiger partial charge in [0, 0.05) is 6.20 Å². The van der Waals surface area contributed by atoms with Crippen LogP contribution in [0.3, 0.4) is 0 Å². The van der Waals surface area contributed by atoms with Crippen LogP contribution in [0.4, 0.5) is 23.4 Å². The lowest BCUT2D eigenvalue weighted by atomic mass is 10.1. The van der Waals surface area contributed by atoms with Crippen LogP contribution in [0, 0.1) is 5.82 Å². The van der Waals surface area contributed by atoms with Crippen LogP contribution in [0.2, 0.25) is 5.02 Å². The molecule has 2 rings (SSSR count). The summed E-state index contributed by atoms with van der Waals surface area (Å²) < 4.78 is 51.2. The van der Waals surface area contributed by atoms with Gasteiger partial charge >= 0.3 is 6.18 Å². The molecular weight excluding hydrogens is 312 g/mol. The molecule has 1 aromatic carbocycles. The predicted octanol–water partition coefficient (Wildman–Crippen LogP) is 4.15. The third-order valence-corrected chi connectivity index (χ3v) is 2.73. The summed E-state index contributed by atoms with van der Waals surface area (Å²) in [5.41, 5.74) is -1.83. The molecular formula is C13H7ClF4N2O. The number of hydrogen-bond donors (Lipinski definition) is 1. The molecule has 0 saturated heterocycles. The van der Waals surface area contributed by atoms with E-state index in [0.717, 1.165) is 0 Å². The summed E-state index contributed by atoms with van der Waals surface area (Å²) in [5, 5.41) is 2.51. The molecule has 0 saturated carbocycles. The van der Waals surface area contributed by atoms with Gasteiger partial charge in [0.25, 0.3) is 5.91 Å². The van der Waals surface area contributed by atoms with Gasteiger partial charge in [-0.05, 0) is 30.3 Å². The number of pyridine rings is 1. The molecule has 1 heterocycles. The van der Waals surface area contributed by atoms with Gasteiger partial charge in [0.15, 0.2) is 0 Å². The fourth-order valence-electron chi connectivity index (χ4n) is 1.51. The normalized spacial score (nSPS) is 11.3. The second-order valence-corrected chi connectivity index (χ2v) is 4.44. The summed E-state index contributed by atoms with van der Waals surface area (Å²) in [6.07, 6.45) is -3.43. The van der Waals surface area contributed by atoms with Gasteiger partial charge in [0.1, 0.15) is 11.6 Å². The van der Waals surface area contributed by atoms with Crippen LogP contribution in [0.15, 0.2) is 36.5 Å². The molecule has 1 N–H and O–H groups in total. The third kappa shape index (κ3) is 3.69. The summed E-state index contributed by atoms with van der Waals surface area (Å²) in [5.74, 6) is -2.05. The SMILES string of the molecule is O=C(Nc1ccc(Cl)cn1)c1cc(C(F)(F)F)ccc1F. The average molecular weight is 319 g/mol. The number of carbonyl (C=O) groups excluding carboxylic acids is 1. The highest BCUT2D eigenvalue weighted by Crippen LogP contribution is 2.30. The number of aromatic nitrogens is 1. The molecule has 0 radical (unpaired) electrons. The van der Waals surface area contributed by atoms with Gasteiger partial charge in [-0.25, -0.2) is 9.37 Å². The van der Waals surface area contributed by atoms with Crippen molar-refractivity contribution >= 4 is 23.3 Å². The zero-order valence-corrected chi connectivity index (χ0v) is 11.0. The Bertz CT molecular complexity index is 671. The number of carbonyl (C=O) groups is 1. The van der Waals surface area contributed by atoms with Crippen LogP contribution in [0.25, 0.3) is 0 Å². The van der Waals surface area contributed by atoms with E-state index in [1.165, 1.54) is 18.3 Å². The quantitative estimate of drug-likeness (QED) is 0.845. The molecule has 0 bridgehead atoms. The maximum Gasteiger partial charge on any atom is 0.416 e. The van der Waals surface area contributed by atoms with Crippen LogP contribution in [-0.4, -0.2) is 10.9 Å². The van der Waals surface area contributed by atoms with Gasteiger partial charge in [-0.3, -0.25) is 4.79 Å². The molecule has 0 spiro atoms. The Hall–Kier alpha value is -2.15. The van der Waals surface area contributed by atoms with E-state index in [0.29, 0.717) is 23.2 Å². The summed E-state index contributed by atoms with van der Waals surface area (Å²) >= 11 is 5.60. The minimum Gasteiger partial charge on any atom is -0.306 e. The number of halogens is 5. The van der Waals surface area contributed by atoms with Gasteiger partial charge in [0.05, 0.1) is 16.1 Å². The van der Waals surface area contributed by atoms with E-state index in [1.807, 2.05) is 0 Å². The first-order valence-corrected chi connectivity index (χ1v) is 5.95. The maximum absolute atomic E-state index is 13.5. The van der Waals surface area contributed by atoms with E-state index in [9.17, 15) is 22.4 Å². The van der Waals surface area contributed by atoms with Crippen molar-refractivity contribution in [1.29, 1.82) is 0 Å². The van der Waals surface area contributed by atoms with Crippen LogP contribution >= 0.6 is 11.6 Å². The summed E-state index contributed by atoms with van der Waals surface area (Å²) in [4.78, 5) is 15.5. The molecule has 0 fully saturated rings. The third-order valence-electron chi connectivity index (χ3n) is 2.51. The predicted molar refractivity (Wildman–Crippen MR) is 68.6 cm³/mol. The van der Waals surface area contributed by atoms with Crippen molar-refractivity contribution in [3.8, 4) is 0 Å². The Balaban J connectivity index is 2.28. The van der Waals surface area contributed by atoms with Crippen LogP contribution in [0.5, 0.6) is 0 Å². The van der Waals surface area contributed by atoms with Crippen LogP contribution < -0.4 is 5.32 Å². The Morgan fingerprint density at radius 1 is 1.19 bits per heavy atom. The monoisotopic (exact) mass is 318 g/mol. The highest BCUT2D eigenvalue weighted by Gasteiger charge is 2.32. The van der Waals surface area contributed by atoms with Crippen molar-refractivity contribution in [1.82, 2.24) is 4.98 Å². The van der Waals surface area contributed by atoms with Gasteiger partial charge < -0.3 is 5.32 Å². The fourth-order valence-corrected chi connectivity index (χ4v) is 1.62. The highest BCUT2D eigenvalue weighted by molar-refractivity contribution is 6.30. The first-order valence-electron chi connectivity index (χ1n) is 5.57. The van der Waals surface area contributed by atoms with Gasteiger partial charge in [-0.2, -0.15) is 13.2 Å². The molecule has 1 amide bonds. The molecule has 8 heteroatoms. The number of hydrogen-bond acceptors (Lipinski definition) is 2. The van der Waals surface area contributed by atoms with Crippen molar-refractivity contribution in [3.63, 3.8) is 0 Å². The first kappa shape index (κ1) is 15.2. The molecule has 0 atom stereocenters. The number of nitrogens with zero attached hydrogens (tertiary/aromatic N) is 1. The van der Waals surface area contributed by atoms with Crippen molar-refractivity contribution in [2.75, 3.05) is 5.32 Å². The maximum atomic E-state index is 13.5. The number of amides is 1. The van der Waals surface area contributed by atoms with E-state index in [2.05, 4.69) is 10.3 Å². The number of rotatable bonds is 2. The van der Waals surface area contributed by atoms with E-state index in [-0.39, 0.29) is 5.82 Å². The lowest BCUT2D eigenvalue weighted by molar-refractivity contribution is -0.137. The lowest BCUT2D eigenvalue weighted by Gasteiger charge is -2.10. The smallest absolute Gasteiger partial charge is 0.306 e. The Kier molecular flexibility index (Phi) is 4.13. The van der Waals surface area contributed by atoms with Gasteiger partial charge in [-0.15, -0.1) is 0 Å². The lowest BCUT2D eigenvalue weighted by Crippen LogP contribution is -2.16. The minimum absolute atomic E-state index is 0.0428. The van der Waals surface area contributed by atoms with Crippen molar-refractivity contribution < 1.29 is 22.4 Å². The Morgan fingerprint density at radius 2 is 1.90 bits per heavy atom. The number of nitrogens with one attached hydrogen (secondary N) is 1. The van der Waals surface area contributed by atoms with Crippen LogP contribution in [0.1, 0.15) is 15.9 Å². The summed E-state index contributed by atoms with van der Waals surface area (Å²) in [7, 11) is 0. The Morgan fingerprint density at radius 3 is 2.48 bits per heavy atom. The Labute approximate surface area is 121 Å². The highest BCUT2D eigenvalue weighted by atomic mass is 35.5. The van der Waals surface area contributed by atoms with Crippen molar-refractivity contribution in [2.45, 2.75) is 6.18 Å². The van der Waals surface area contributed by atoms with Crippen molar-refractivity contribution in [2.24, 2.45) is 0 Å². The number of anilines is 1. The van der Waals surface area contributed by atoms with Crippen molar-refractivity contribution in [3.05, 3.63) is 58.5 Å². The average Bonchev–Trinajstić information content (AvgIpc) is 2.40. The largest absolute Gasteiger partial charge is 0.416 e. The summed E-state index contributed by atoms with van der Waals surface area (Å²) in [6, 6.07) is 4.36. The zero-order chi connectivity index (χ0) is 15.6. The molecule has 110 valence electrons. The number of alkyl halides is 3. The van der Waals surface area contributed by atoms with Gasteiger partial charge in [-0.1, -0.05) is 11.6 Å². The molecule has 2 aromatic rings. The fraction of sp³-hybridized carbons (Fsp3) is 0.0769. The molecule has 1 aromatic heterocycles. The molecule has 21 heavy (non-hydrogen) atoms. The first-order chi connectivity index (χ1) is 9.77. The molecule has 0 aliphatic carbocycles. The molecule has 0 aliphatic heterocycles. The van der Waals surface area contributed by atoms with Gasteiger partial charge in [0.2, 0.25) is 0 Å². The second kappa shape index (κ2) is 5.69. The van der Waals surface area contributed by atoms with E-state index in [4.69, 9.17) is 11.6 Å². The zero-order valence-electron chi connectivity index (χ0n) is 10.2. The second-order valence-electron chi connectivity index (χ2n) is 4.01. The molecule has 0 unspecified atom stereocenters. The standard InChI is InChI=1S/C13H7ClF4N2O/c14-8-2-4-11(19-6-8)20-12(21)9-5-7(13(16,17)18)1-3-10(9)15/h1-6H,(H,19,20,21). The van der Waals surface area contributed by atoms with E-state index < -0.39 is 29.0 Å². The topological polar surface area (TPSA) is 42.0 Å². The molecule has 0 aliphatic rings. The summed E-state index contributed by atoms with van der Waals surface area (Å²) in [6.45, 7) is 0. The van der Waals surface area contributed by atoms with Crippen LogP contribution in [-0.2, 0) is 6.18 Å². The number of benzene rings is 1. The van der Waals surface area contributed by atoms with E-state index in [1.54, 1.807) is 0 Å². The molecule has 3 nitrogen and oxygen atoms in total.